The molecule has 0 bridgehead atoms. The van der Waals surface area contributed by atoms with E-state index in [9.17, 15) is 14.7 Å². The number of nitrogens with zero attached hydrogens (tertiary/aromatic N) is 1. The van der Waals surface area contributed by atoms with E-state index in [-0.39, 0.29) is 18.9 Å². The minimum atomic E-state index is -1.10. The molecule has 0 fully saturated rings. The average molecular weight is 418 g/mol. The summed E-state index contributed by atoms with van der Waals surface area (Å²) in [5.74, 6) is -2.53. The molecule has 0 aliphatic heterocycles. The molecule has 31 heavy (non-hydrogen) atoms. The first-order valence-corrected chi connectivity index (χ1v) is 10.5. The molecular weight excluding hydrogens is 390 g/mol. The monoisotopic (exact) mass is 417 g/mol. The Hall–Kier alpha value is -3.31. The van der Waals surface area contributed by atoms with E-state index in [0.717, 1.165) is 16.7 Å². The number of Topliss-reactive ketones (excluding diaryl/α,β-unsaturated/α-hetero) is 1. The fourth-order valence-electron chi connectivity index (χ4n) is 3.66. The Morgan fingerprint density at radius 2 is 1.52 bits per heavy atom. The number of rotatable bonds is 12. The maximum absolute atomic E-state index is 12.6. The van der Waals surface area contributed by atoms with Gasteiger partial charge in [0.25, 0.3) is 0 Å². The number of aliphatic carboxylic acids is 1. The van der Waals surface area contributed by atoms with E-state index in [4.69, 9.17) is 4.74 Å². The third-order valence-electron chi connectivity index (χ3n) is 5.34. The van der Waals surface area contributed by atoms with Crippen molar-refractivity contribution in [3.63, 3.8) is 0 Å². The lowest BCUT2D eigenvalue weighted by Gasteiger charge is -2.20. The van der Waals surface area contributed by atoms with Gasteiger partial charge in [0.05, 0.1) is 6.61 Å². The van der Waals surface area contributed by atoms with Crippen LogP contribution in [0.3, 0.4) is 0 Å². The Balaban J connectivity index is 1.58. The predicted molar refractivity (Wildman–Crippen MR) is 119 cm³/mol. The molecule has 5 nitrogen and oxygen atoms in total. The number of benzene rings is 2. The lowest BCUT2D eigenvalue weighted by molar-refractivity contribution is -0.148. The first-order valence-electron chi connectivity index (χ1n) is 10.5. The van der Waals surface area contributed by atoms with Gasteiger partial charge >= 0.3 is 5.97 Å². The molecule has 3 rings (SSSR count). The zero-order valence-corrected chi connectivity index (χ0v) is 17.4. The van der Waals surface area contributed by atoms with Gasteiger partial charge in [-0.05, 0) is 42.0 Å². The third-order valence-corrected chi connectivity index (χ3v) is 5.34. The summed E-state index contributed by atoms with van der Waals surface area (Å²) in [6.45, 7) is 0.152. The van der Waals surface area contributed by atoms with Crippen LogP contribution >= 0.6 is 0 Å². The number of carbonyl (C=O) groups excluding carboxylic acids is 1. The third kappa shape index (κ3) is 6.86. The van der Waals surface area contributed by atoms with Gasteiger partial charge in [-0.25, -0.2) is 0 Å². The fraction of sp³-hybridized carbons (Fsp3) is 0.269. The van der Waals surface area contributed by atoms with Crippen LogP contribution in [0.1, 0.15) is 35.4 Å². The van der Waals surface area contributed by atoms with Crippen LogP contribution in [0.2, 0.25) is 0 Å². The second-order valence-corrected chi connectivity index (χ2v) is 7.47. The highest BCUT2D eigenvalue weighted by atomic mass is 16.5. The van der Waals surface area contributed by atoms with Crippen LogP contribution < -0.4 is 0 Å². The second kappa shape index (κ2) is 11.8. The summed E-state index contributed by atoms with van der Waals surface area (Å²) in [5.41, 5.74) is 3.23. The second-order valence-electron chi connectivity index (χ2n) is 7.47. The van der Waals surface area contributed by atoms with E-state index in [2.05, 4.69) is 4.98 Å². The van der Waals surface area contributed by atoms with Gasteiger partial charge in [0.1, 0.15) is 12.5 Å². The summed E-state index contributed by atoms with van der Waals surface area (Å²) in [4.78, 5) is 28.4. The molecule has 0 aliphatic rings. The van der Waals surface area contributed by atoms with Crippen molar-refractivity contribution >= 4 is 11.8 Å². The van der Waals surface area contributed by atoms with Crippen molar-refractivity contribution in [1.29, 1.82) is 0 Å². The summed E-state index contributed by atoms with van der Waals surface area (Å²) in [5, 5.41) is 9.65. The van der Waals surface area contributed by atoms with Crippen LogP contribution in [-0.2, 0) is 20.7 Å². The van der Waals surface area contributed by atoms with Gasteiger partial charge in [-0.1, -0.05) is 66.7 Å². The summed E-state index contributed by atoms with van der Waals surface area (Å²) in [7, 11) is 0. The van der Waals surface area contributed by atoms with E-state index in [1.54, 1.807) is 12.4 Å². The SMILES string of the molecule is O=C(O)C(CCC(c1ccccc1)c1ccccc1)C(=O)COCCc1cccnc1. The van der Waals surface area contributed by atoms with Crippen molar-refractivity contribution in [2.45, 2.75) is 25.2 Å². The molecule has 2 aromatic carbocycles. The van der Waals surface area contributed by atoms with Crippen LogP contribution in [0.25, 0.3) is 0 Å². The van der Waals surface area contributed by atoms with E-state index in [1.165, 1.54) is 0 Å². The smallest absolute Gasteiger partial charge is 0.314 e. The molecule has 1 aromatic heterocycles. The number of carboxylic acid groups (broad SMARTS) is 1. The molecular formula is C26H27NO4. The molecule has 1 unspecified atom stereocenters. The van der Waals surface area contributed by atoms with Crippen LogP contribution in [0, 0.1) is 5.92 Å². The molecule has 1 heterocycles. The molecule has 3 aromatic rings. The normalized spacial score (nSPS) is 11.9. The number of pyridine rings is 1. The van der Waals surface area contributed by atoms with Crippen molar-refractivity contribution in [1.82, 2.24) is 4.98 Å². The van der Waals surface area contributed by atoms with Gasteiger partial charge in [-0.15, -0.1) is 0 Å². The Morgan fingerprint density at radius 1 is 0.871 bits per heavy atom. The molecule has 0 aliphatic carbocycles. The van der Waals surface area contributed by atoms with Crippen molar-refractivity contribution in [3.05, 3.63) is 102 Å². The van der Waals surface area contributed by atoms with E-state index in [0.29, 0.717) is 19.4 Å². The predicted octanol–water partition coefficient (Wildman–Crippen LogP) is 4.52. The number of aromatic nitrogens is 1. The van der Waals surface area contributed by atoms with Crippen molar-refractivity contribution in [2.24, 2.45) is 5.92 Å². The molecule has 5 heteroatoms. The topological polar surface area (TPSA) is 76.5 Å². The van der Waals surface area contributed by atoms with Gasteiger partial charge < -0.3 is 9.84 Å². The van der Waals surface area contributed by atoms with Crippen molar-refractivity contribution < 1.29 is 19.4 Å². The van der Waals surface area contributed by atoms with Crippen molar-refractivity contribution in [3.8, 4) is 0 Å². The lowest BCUT2D eigenvalue weighted by Crippen LogP contribution is -2.28. The van der Waals surface area contributed by atoms with Gasteiger partial charge in [-0.2, -0.15) is 0 Å². The molecule has 160 valence electrons. The van der Waals surface area contributed by atoms with Crippen LogP contribution in [0.15, 0.2) is 85.2 Å². The first-order chi connectivity index (χ1) is 15.1. The quantitative estimate of drug-likeness (QED) is 0.346. The summed E-state index contributed by atoms with van der Waals surface area (Å²) in [6, 6.07) is 23.7. The Labute approximate surface area is 182 Å². The first kappa shape index (κ1) is 22.4. The van der Waals surface area contributed by atoms with Gasteiger partial charge in [0.15, 0.2) is 5.78 Å². The highest BCUT2D eigenvalue weighted by Crippen LogP contribution is 2.30. The molecule has 0 spiro atoms. The lowest BCUT2D eigenvalue weighted by atomic mass is 9.84. The van der Waals surface area contributed by atoms with Gasteiger partial charge in [0, 0.05) is 18.3 Å². The number of ether oxygens (including phenoxy) is 1. The zero-order chi connectivity index (χ0) is 21.9. The Morgan fingerprint density at radius 3 is 2.06 bits per heavy atom. The average Bonchev–Trinajstić information content (AvgIpc) is 2.81. The molecule has 0 amide bonds. The maximum atomic E-state index is 12.6. The molecule has 1 atom stereocenters. The molecule has 1 N–H and O–H groups in total. The van der Waals surface area contributed by atoms with Gasteiger partial charge in [-0.3, -0.25) is 14.6 Å². The summed E-state index contributed by atoms with van der Waals surface area (Å²) < 4.78 is 5.47. The number of carboxylic acids is 1. The van der Waals surface area contributed by atoms with Crippen LogP contribution in [0.5, 0.6) is 0 Å². The highest BCUT2D eigenvalue weighted by Gasteiger charge is 2.27. The Bertz CT molecular complexity index is 905. The number of ketones is 1. The van der Waals surface area contributed by atoms with Crippen LogP contribution in [-0.4, -0.2) is 35.1 Å². The zero-order valence-electron chi connectivity index (χ0n) is 17.4. The molecule has 0 saturated heterocycles. The van der Waals surface area contributed by atoms with Gasteiger partial charge in [0.2, 0.25) is 0 Å². The largest absolute Gasteiger partial charge is 0.481 e. The van der Waals surface area contributed by atoms with E-state index in [1.807, 2.05) is 72.8 Å². The van der Waals surface area contributed by atoms with Crippen molar-refractivity contribution in [2.75, 3.05) is 13.2 Å². The fourth-order valence-corrected chi connectivity index (χ4v) is 3.66. The van der Waals surface area contributed by atoms with Crippen LogP contribution in [0.4, 0.5) is 0 Å². The summed E-state index contributed by atoms with van der Waals surface area (Å²) in [6.07, 6.45) is 4.89. The molecule has 0 radical (unpaired) electrons. The minimum Gasteiger partial charge on any atom is -0.481 e. The van der Waals surface area contributed by atoms with E-state index < -0.39 is 17.7 Å². The molecule has 0 saturated carbocycles. The standard InChI is InChI=1S/C26H27NO4/c28-25(19-31-17-15-20-8-7-16-27-18-20)24(26(29)30)14-13-23(21-9-3-1-4-10-21)22-11-5-2-6-12-22/h1-12,16,18,23-24H,13-15,17,19H2,(H,29,30). The number of carbonyl (C=O) groups is 2. The number of hydrogen-bond acceptors (Lipinski definition) is 4. The highest BCUT2D eigenvalue weighted by molar-refractivity contribution is 5.98. The summed E-state index contributed by atoms with van der Waals surface area (Å²) >= 11 is 0. The minimum absolute atomic E-state index is 0.0311. The van der Waals surface area contributed by atoms with E-state index >= 15 is 0 Å². The maximum Gasteiger partial charge on any atom is 0.314 e. The number of hydrogen-bond donors (Lipinski definition) is 1. The Kier molecular flexibility index (Phi) is 8.49.